The molecule has 1 aliphatic heterocycles. The van der Waals surface area contributed by atoms with E-state index >= 15 is 0 Å². The van der Waals surface area contributed by atoms with E-state index in [2.05, 4.69) is 23.3 Å². The molecule has 1 aromatic carbocycles. The summed E-state index contributed by atoms with van der Waals surface area (Å²) in [6.45, 7) is 3.67. The number of hydrogen-bond acceptors (Lipinski definition) is 3. The van der Waals surface area contributed by atoms with E-state index in [-0.39, 0.29) is 6.03 Å². The molecule has 2 amide bonds. The standard InChI is InChI=1S/C22H29FN4O/c1-26(13-22-8-14-2-4-18(22)16(6-14)9-22)10-15-11-27(12-15)21(28)25-20-7-17(23)3-5-19(20)24/h3-5,7,14-16H,2,6,8-13,24H2,1H3,(H,25,28). The second-order valence-electron chi connectivity index (χ2n) is 9.51. The lowest BCUT2D eigenvalue weighted by Gasteiger charge is -2.62. The van der Waals surface area contributed by atoms with Crippen LogP contribution in [0.2, 0.25) is 0 Å². The lowest BCUT2D eigenvalue weighted by molar-refractivity contribution is -0.00513. The Morgan fingerprint density at radius 2 is 2.21 bits per heavy atom. The van der Waals surface area contributed by atoms with Gasteiger partial charge in [-0.25, -0.2) is 9.18 Å². The van der Waals surface area contributed by atoms with Gasteiger partial charge >= 0.3 is 6.03 Å². The average molecular weight is 384 g/mol. The summed E-state index contributed by atoms with van der Waals surface area (Å²) >= 11 is 0. The number of benzene rings is 1. The number of nitrogens with zero attached hydrogens (tertiary/aromatic N) is 2. The van der Waals surface area contributed by atoms with Crippen LogP contribution in [0.1, 0.15) is 25.7 Å². The van der Waals surface area contributed by atoms with Crippen molar-refractivity contribution in [2.24, 2.45) is 23.2 Å². The van der Waals surface area contributed by atoms with Crippen LogP contribution in [-0.2, 0) is 0 Å². The van der Waals surface area contributed by atoms with Crippen molar-refractivity contribution in [2.45, 2.75) is 25.7 Å². The molecule has 1 saturated heterocycles. The molecule has 3 N–H and O–H groups in total. The molecule has 6 heteroatoms. The summed E-state index contributed by atoms with van der Waals surface area (Å²) in [4.78, 5) is 16.6. The number of nitrogens with one attached hydrogen (secondary N) is 1. The van der Waals surface area contributed by atoms with E-state index in [1.165, 1.54) is 43.9 Å². The van der Waals surface area contributed by atoms with Crippen molar-refractivity contribution >= 4 is 17.4 Å². The van der Waals surface area contributed by atoms with Crippen LogP contribution >= 0.6 is 0 Å². The molecule has 0 spiro atoms. The summed E-state index contributed by atoms with van der Waals surface area (Å²) in [5.74, 6) is 1.90. The van der Waals surface area contributed by atoms with Gasteiger partial charge in [0.2, 0.25) is 0 Å². The quantitative estimate of drug-likeness (QED) is 0.603. The van der Waals surface area contributed by atoms with Crippen molar-refractivity contribution < 1.29 is 9.18 Å². The Labute approximate surface area is 165 Å². The Bertz CT molecular complexity index is 834. The van der Waals surface area contributed by atoms with Crippen LogP contribution in [0.25, 0.3) is 0 Å². The molecule has 0 radical (unpaired) electrons. The predicted molar refractivity (Wildman–Crippen MR) is 108 cm³/mol. The van der Waals surface area contributed by atoms with E-state index in [9.17, 15) is 9.18 Å². The number of rotatable bonds is 5. The van der Waals surface area contributed by atoms with E-state index < -0.39 is 5.82 Å². The molecule has 5 nitrogen and oxygen atoms in total. The van der Waals surface area contributed by atoms with Gasteiger partial charge in [0.15, 0.2) is 0 Å². The van der Waals surface area contributed by atoms with Gasteiger partial charge in [-0.2, -0.15) is 0 Å². The minimum Gasteiger partial charge on any atom is -0.397 e. The van der Waals surface area contributed by atoms with Gasteiger partial charge in [-0.1, -0.05) is 11.6 Å². The SMILES string of the molecule is CN(CC1CN(C(=O)Nc2cc(F)ccc2N)C1)CC12CC3CC=C1C(C3)C2. The Hall–Kier alpha value is -2.08. The number of anilines is 2. The van der Waals surface area contributed by atoms with Crippen LogP contribution in [0.5, 0.6) is 0 Å². The van der Waals surface area contributed by atoms with Crippen molar-refractivity contribution in [1.29, 1.82) is 0 Å². The summed E-state index contributed by atoms with van der Waals surface area (Å²) in [6.07, 6.45) is 8.04. The molecule has 3 fully saturated rings. The fraction of sp³-hybridized carbons (Fsp3) is 0.591. The van der Waals surface area contributed by atoms with Gasteiger partial charge in [0.25, 0.3) is 0 Å². The Kier molecular flexibility index (Phi) is 4.16. The minimum absolute atomic E-state index is 0.202. The fourth-order valence-electron chi connectivity index (χ4n) is 6.23. The van der Waals surface area contributed by atoms with Gasteiger partial charge in [0, 0.05) is 37.5 Å². The molecule has 5 aliphatic rings. The number of hydrogen-bond donors (Lipinski definition) is 2. The maximum Gasteiger partial charge on any atom is 0.321 e. The molecule has 1 heterocycles. The van der Waals surface area contributed by atoms with Gasteiger partial charge in [0.1, 0.15) is 5.82 Å². The topological polar surface area (TPSA) is 61.6 Å². The first-order chi connectivity index (χ1) is 13.4. The maximum atomic E-state index is 13.4. The minimum atomic E-state index is -0.406. The number of carbonyl (C=O) groups excluding carboxylic acids is 1. The van der Waals surface area contributed by atoms with Crippen LogP contribution < -0.4 is 11.1 Å². The van der Waals surface area contributed by atoms with Gasteiger partial charge in [-0.15, -0.1) is 0 Å². The highest BCUT2D eigenvalue weighted by molar-refractivity contribution is 5.93. The van der Waals surface area contributed by atoms with E-state index in [0.717, 1.165) is 38.0 Å². The molecule has 2 saturated carbocycles. The number of urea groups is 1. The second-order valence-corrected chi connectivity index (χ2v) is 9.51. The first-order valence-corrected chi connectivity index (χ1v) is 10.4. The molecular formula is C22H29FN4O. The van der Waals surface area contributed by atoms with Crippen molar-refractivity contribution in [3.63, 3.8) is 0 Å². The molecule has 28 heavy (non-hydrogen) atoms. The van der Waals surface area contributed by atoms with Gasteiger partial charge in [-0.05, 0) is 62.8 Å². The van der Waals surface area contributed by atoms with E-state index in [1.54, 1.807) is 10.5 Å². The molecule has 4 bridgehead atoms. The lowest BCUT2D eigenvalue weighted by Crippen LogP contribution is -2.58. The monoisotopic (exact) mass is 384 g/mol. The Balaban J connectivity index is 1.10. The number of halogens is 1. The van der Waals surface area contributed by atoms with Crippen molar-refractivity contribution in [2.75, 3.05) is 44.3 Å². The number of allylic oxidation sites excluding steroid dienone is 1. The Morgan fingerprint density at radius 1 is 1.39 bits per heavy atom. The lowest BCUT2D eigenvalue weighted by atomic mass is 9.45. The third-order valence-corrected chi connectivity index (χ3v) is 7.30. The molecule has 4 aliphatic carbocycles. The number of likely N-dealkylation sites (tertiary alicyclic amines) is 1. The van der Waals surface area contributed by atoms with Gasteiger partial charge in [0.05, 0.1) is 11.4 Å². The molecule has 0 aromatic heterocycles. The van der Waals surface area contributed by atoms with Crippen LogP contribution in [0.4, 0.5) is 20.6 Å². The van der Waals surface area contributed by atoms with Crippen LogP contribution in [0, 0.1) is 29.0 Å². The first kappa shape index (κ1) is 18.0. The van der Waals surface area contributed by atoms with E-state index in [1.807, 2.05) is 0 Å². The highest BCUT2D eigenvalue weighted by atomic mass is 19.1. The third-order valence-electron chi connectivity index (χ3n) is 7.30. The predicted octanol–water partition coefficient (Wildman–Crippen LogP) is 3.55. The fourth-order valence-corrected chi connectivity index (χ4v) is 6.23. The van der Waals surface area contributed by atoms with E-state index in [0.29, 0.717) is 22.7 Å². The smallest absolute Gasteiger partial charge is 0.321 e. The van der Waals surface area contributed by atoms with Gasteiger partial charge < -0.3 is 20.9 Å². The number of nitrogen functional groups attached to an aromatic ring is 1. The number of carbonyl (C=O) groups is 1. The normalized spacial score (nSPS) is 30.7. The Morgan fingerprint density at radius 3 is 2.93 bits per heavy atom. The molecule has 3 atom stereocenters. The maximum absolute atomic E-state index is 13.4. The summed E-state index contributed by atoms with van der Waals surface area (Å²) in [6, 6.07) is 3.82. The highest BCUT2D eigenvalue weighted by Gasteiger charge is 2.56. The largest absolute Gasteiger partial charge is 0.397 e. The van der Waals surface area contributed by atoms with Crippen LogP contribution in [0.15, 0.2) is 29.8 Å². The van der Waals surface area contributed by atoms with Crippen LogP contribution in [-0.4, -0.2) is 49.1 Å². The number of fused-ring (bicyclic) bond motifs is 1. The molecule has 6 rings (SSSR count). The zero-order valence-electron chi connectivity index (χ0n) is 16.5. The van der Waals surface area contributed by atoms with Crippen molar-refractivity contribution in [3.8, 4) is 0 Å². The van der Waals surface area contributed by atoms with Crippen LogP contribution in [0.3, 0.4) is 0 Å². The molecule has 3 unspecified atom stereocenters. The summed E-state index contributed by atoms with van der Waals surface area (Å²) < 4.78 is 13.4. The first-order valence-electron chi connectivity index (χ1n) is 10.4. The van der Waals surface area contributed by atoms with Crippen molar-refractivity contribution in [3.05, 3.63) is 35.7 Å². The summed E-state index contributed by atoms with van der Waals surface area (Å²) in [5, 5.41) is 2.72. The van der Waals surface area contributed by atoms with Gasteiger partial charge in [-0.3, -0.25) is 0 Å². The molecule has 1 aromatic rings. The number of nitrogens with two attached hydrogens (primary N) is 1. The third kappa shape index (κ3) is 2.98. The molecular weight excluding hydrogens is 355 g/mol. The molecule has 150 valence electrons. The highest BCUT2D eigenvalue weighted by Crippen LogP contribution is 2.65. The zero-order chi connectivity index (χ0) is 19.5. The van der Waals surface area contributed by atoms with Crippen molar-refractivity contribution in [1.82, 2.24) is 9.80 Å². The second kappa shape index (κ2) is 6.48. The van der Waals surface area contributed by atoms with E-state index in [4.69, 9.17) is 5.73 Å². The summed E-state index contributed by atoms with van der Waals surface area (Å²) in [5.41, 5.74) is 8.75. The summed E-state index contributed by atoms with van der Waals surface area (Å²) in [7, 11) is 2.22. The zero-order valence-corrected chi connectivity index (χ0v) is 16.5. The number of amides is 2. The average Bonchev–Trinajstić information content (AvgIpc) is 2.60.